The van der Waals surface area contributed by atoms with Crippen molar-refractivity contribution in [2.45, 2.75) is 31.3 Å². The summed E-state index contributed by atoms with van der Waals surface area (Å²) in [7, 11) is -3.85. The molecule has 0 aliphatic heterocycles. The van der Waals surface area contributed by atoms with Gasteiger partial charge < -0.3 is 10.1 Å². The van der Waals surface area contributed by atoms with Crippen molar-refractivity contribution in [2.24, 2.45) is 0 Å². The standard InChI is InChI=1S/C18H21ClN2O4S/c1-3-17(25-4-2)18(22)20-13-8-7-9-14(12-13)26(23,24)21-16-11-6-5-10-15(16)19/h5-12,17,21H,3-4H2,1-2H3,(H,20,22). The summed E-state index contributed by atoms with van der Waals surface area (Å²) in [5.41, 5.74) is 0.654. The fraction of sp³-hybridized carbons (Fsp3) is 0.278. The van der Waals surface area contributed by atoms with Crippen LogP contribution in [0.1, 0.15) is 20.3 Å². The Kier molecular flexibility index (Phi) is 7.02. The normalized spacial score (nSPS) is 12.4. The lowest BCUT2D eigenvalue weighted by Gasteiger charge is -2.15. The number of carbonyl (C=O) groups is 1. The highest BCUT2D eigenvalue weighted by molar-refractivity contribution is 7.92. The molecule has 2 aromatic rings. The van der Waals surface area contributed by atoms with Gasteiger partial charge in [-0.2, -0.15) is 0 Å². The molecule has 0 aromatic heterocycles. The summed E-state index contributed by atoms with van der Waals surface area (Å²) < 4.78 is 33.0. The Balaban J connectivity index is 2.20. The first kappa shape index (κ1) is 20.2. The molecule has 26 heavy (non-hydrogen) atoms. The number of benzene rings is 2. The van der Waals surface area contributed by atoms with Crippen LogP contribution in [-0.4, -0.2) is 27.0 Å². The lowest BCUT2D eigenvalue weighted by molar-refractivity contribution is -0.127. The van der Waals surface area contributed by atoms with Crippen LogP contribution < -0.4 is 10.0 Å². The summed E-state index contributed by atoms with van der Waals surface area (Å²) in [6.45, 7) is 4.07. The maximum atomic E-state index is 12.6. The van der Waals surface area contributed by atoms with E-state index in [-0.39, 0.29) is 16.5 Å². The Bertz CT molecular complexity index is 871. The number of para-hydroxylation sites is 1. The van der Waals surface area contributed by atoms with Crippen LogP contribution in [0, 0.1) is 0 Å². The number of carbonyl (C=O) groups excluding carboxylic acids is 1. The molecule has 2 rings (SSSR count). The molecule has 2 aromatic carbocycles. The first-order valence-corrected chi connectivity index (χ1v) is 10.0. The van der Waals surface area contributed by atoms with E-state index in [1.807, 2.05) is 13.8 Å². The van der Waals surface area contributed by atoms with Crippen molar-refractivity contribution in [3.05, 3.63) is 53.6 Å². The van der Waals surface area contributed by atoms with Gasteiger partial charge in [-0.25, -0.2) is 8.42 Å². The molecule has 0 aliphatic carbocycles. The molecule has 0 saturated carbocycles. The Morgan fingerprint density at radius 2 is 1.88 bits per heavy atom. The lowest BCUT2D eigenvalue weighted by Crippen LogP contribution is -2.30. The van der Waals surface area contributed by atoms with E-state index >= 15 is 0 Å². The van der Waals surface area contributed by atoms with E-state index in [9.17, 15) is 13.2 Å². The number of hydrogen-bond acceptors (Lipinski definition) is 4. The summed E-state index contributed by atoms with van der Waals surface area (Å²) in [5.74, 6) is -0.317. The Labute approximate surface area is 158 Å². The summed E-state index contributed by atoms with van der Waals surface area (Å²) in [4.78, 5) is 12.2. The Hall–Kier alpha value is -2.09. The number of anilines is 2. The molecule has 0 radical (unpaired) electrons. The maximum absolute atomic E-state index is 12.6. The largest absolute Gasteiger partial charge is 0.369 e. The summed E-state index contributed by atoms with van der Waals surface area (Å²) >= 11 is 6.00. The zero-order valence-corrected chi connectivity index (χ0v) is 16.1. The van der Waals surface area contributed by atoms with Gasteiger partial charge in [-0.3, -0.25) is 9.52 Å². The third kappa shape index (κ3) is 5.20. The first-order chi connectivity index (χ1) is 12.4. The smallest absolute Gasteiger partial charge is 0.262 e. The SMILES string of the molecule is CCOC(CC)C(=O)Nc1cccc(S(=O)(=O)Nc2ccccc2Cl)c1. The summed E-state index contributed by atoms with van der Waals surface area (Å²) in [5, 5.41) is 2.98. The molecule has 1 atom stereocenters. The van der Waals surface area contributed by atoms with Gasteiger partial charge in [0.25, 0.3) is 15.9 Å². The first-order valence-electron chi connectivity index (χ1n) is 8.17. The van der Waals surface area contributed by atoms with Crippen LogP contribution in [0.25, 0.3) is 0 Å². The summed E-state index contributed by atoms with van der Waals surface area (Å²) in [6.07, 6.45) is -0.0624. The van der Waals surface area contributed by atoms with E-state index < -0.39 is 16.1 Å². The van der Waals surface area contributed by atoms with Crippen molar-refractivity contribution < 1.29 is 17.9 Å². The molecule has 0 heterocycles. The van der Waals surface area contributed by atoms with Gasteiger partial charge >= 0.3 is 0 Å². The Morgan fingerprint density at radius 1 is 1.15 bits per heavy atom. The van der Waals surface area contributed by atoms with Crippen molar-refractivity contribution in [3.63, 3.8) is 0 Å². The van der Waals surface area contributed by atoms with Crippen LogP contribution in [0.3, 0.4) is 0 Å². The van der Waals surface area contributed by atoms with Crippen molar-refractivity contribution >= 4 is 38.9 Å². The minimum absolute atomic E-state index is 0.0136. The number of sulfonamides is 1. The number of rotatable bonds is 8. The predicted molar refractivity (Wildman–Crippen MR) is 103 cm³/mol. The lowest BCUT2D eigenvalue weighted by atomic mass is 10.2. The predicted octanol–water partition coefficient (Wildman–Crippen LogP) is 3.89. The van der Waals surface area contributed by atoms with E-state index in [0.29, 0.717) is 23.7 Å². The Morgan fingerprint density at radius 3 is 2.54 bits per heavy atom. The van der Waals surface area contributed by atoms with E-state index in [0.717, 1.165) is 0 Å². The topological polar surface area (TPSA) is 84.5 Å². The zero-order valence-electron chi connectivity index (χ0n) is 14.5. The van der Waals surface area contributed by atoms with E-state index in [1.165, 1.54) is 12.1 Å². The van der Waals surface area contributed by atoms with Crippen molar-refractivity contribution in [3.8, 4) is 0 Å². The van der Waals surface area contributed by atoms with Gasteiger partial charge in [0.2, 0.25) is 0 Å². The van der Waals surface area contributed by atoms with Crippen LogP contribution in [0.2, 0.25) is 5.02 Å². The second-order valence-electron chi connectivity index (χ2n) is 5.45. The van der Waals surface area contributed by atoms with Crippen LogP contribution in [0.4, 0.5) is 11.4 Å². The van der Waals surface area contributed by atoms with Gasteiger partial charge in [-0.15, -0.1) is 0 Å². The molecule has 0 spiro atoms. The monoisotopic (exact) mass is 396 g/mol. The molecule has 0 bridgehead atoms. The molecule has 1 amide bonds. The quantitative estimate of drug-likeness (QED) is 0.708. The van der Waals surface area contributed by atoms with Crippen LogP contribution in [-0.2, 0) is 19.6 Å². The molecule has 140 valence electrons. The second kappa shape index (κ2) is 9.02. The number of ether oxygens (including phenoxy) is 1. The number of halogens is 1. The third-order valence-corrected chi connectivity index (χ3v) is 5.25. The summed E-state index contributed by atoms with van der Waals surface area (Å²) in [6, 6.07) is 12.5. The molecule has 6 nitrogen and oxygen atoms in total. The fourth-order valence-corrected chi connectivity index (χ4v) is 3.66. The zero-order chi connectivity index (χ0) is 19.2. The highest BCUT2D eigenvalue weighted by Crippen LogP contribution is 2.25. The third-order valence-electron chi connectivity index (χ3n) is 3.56. The molecule has 0 saturated heterocycles. The molecule has 2 N–H and O–H groups in total. The molecule has 8 heteroatoms. The van der Waals surface area contributed by atoms with Crippen LogP contribution >= 0.6 is 11.6 Å². The van der Waals surface area contributed by atoms with Gasteiger partial charge in [0.15, 0.2) is 0 Å². The highest BCUT2D eigenvalue weighted by atomic mass is 35.5. The average molecular weight is 397 g/mol. The second-order valence-corrected chi connectivity index (χ2v) is 7.54. The average Bonchev–Trinajstić information content (AvgIpc) is 2.61. The van der Waals surface area contributed by atoms with Crippen LogP contribution in [0.15, 0.2) is 53.4 Å². The maximum Gasteiger partial charge on any atom is 0.262 e. The fourth-order valence-electron chi connectivity index (χ4n) is 2.29. The minimum Gasteiger partial charge on any atom is -0.369 e. The molecule has 1 unspecified atom stereocenters. The van der Waals surface area contributed by atoms with Crippen molar-refractivity contribution in [1.82, 2.24) is 0 Å². The number of amides is 1. The van der Waals surface area contributed by atoms with Crippen molar-refractivity contribution in [1.29, 1.82) is 0 Å². The van der Waals surface area contributed by atoms with Gasteiger partial charge in [0.05, 0.1) is 15.6 Å². The van der Waals surface area contributed by atoms with Gasteiger partial charge in [-0.1, -0.05) is 36.7 Å². The van der Waals surface area contributed by atoms with E-state index in [4.69, 9.17) is 16.3 Å². The molecular weight excluding hydrogens is 376 g/mol. The number of nitrogens with one attached hydrogen (secondary N) is 2. The highest BCUT2D eigenvalue weighted by Gasteiger charge is 2.19. The van der Waals surface area contributed by atoms with Gasteiger partial charge in [0.1, 0.15) is 6.10 Å². The van der Waals surface area contributed by atoms with E-state index in [2.05, 4.69) is 10.0 Å². The van der Waals surface area contributed by atoms with Gasteiger partial charge in [-0.05, 0) is 43.7 Å². The number of hydrogen-bond donors (Lipinski definition) is 2. The van der Waals surface area contributed by atoms with Crippen molar-refractivity contribution in [2.75, 3.05) is 16.6 Å². The molecular formula is C18H21ClN2O4S. The molecule has 0 fully saturated rings. The molecule has 0 aliphatic rings. The van der Waals surface area contributed by atoms with Gasteiger partial charge in [0, 0.05) is 12.3 Å². The van der Waals surface area contributed by atoms with Crippen LogP contribution in [0.5, 0.6) is 0 Å². The van der Waals surface area contributed by atoms with E-state index in [1.54, 1.807) is 36.4 Å². The minimum atomic E-state index is -3.85.